The molecule has 0 radical (unpaired) electrons. The van der Waals surface area contributed by atoms with E-state index in [2.05, 4.69) is 35.0 Å². The Morgan fingerprint density at radius 3 is 2.84 bits per heavy atom. The first-order chi connectivity index (χ1) is 9.24. The molecule has 0 amide bonds. The molecule has 0 aliphatic carbocycles. The Balaban J connectivity index is 1.82. The highest BCUT2D eigenvalue weighted by Gasteiger charge is 2.04. The summed E-state index contributed by atoms with van der Waals surface area (Å²) in [6, 6.07) is 13.8. The Morgan fingerprint density at radius 2 is 2.00 bits per heavy atom. The monoisotopic (exact) mass is 269 g/mol. The molecule has 3 aromatic rings. The van der Waals surface area contributed by atoms with Gasteiger partial charge in [-0.25, -0.2) is 0 Å². The van der Waals surface area contributed by atoms with Gasteiger partial charge in [0.1, 0.15) is 5.75 Å². The van der Waals surface area contributed by atoms with E-state index >= 15 is 0 Å². The first kappa shape index (κ1) is 12.1. The Bertz CT molecular complexity index is 718. The van der Waals surface area contributed by atoms with Crippen LogP contribution in [0.2, 0.25) is 0 Å². The van der Waals surface area contributed by atoms with Crippen molar-refractivity contribution in [3.05, 3.63) is 59.0 Å². The molecule has 0 atom stereocenters. The second kappa shape index (κ2) is 4.94. The second-order valence-electron chi connectivity index (χ2n) is 4.61. The van der Waals surface area contributed by atoms with Crippen LogP contribution in [-0.2, 0) is 6.54 Å². The minimum atomic E-state index is 0.309. The van der Waals surface area contributed by atoms with Gasteiger partial charge < -0.3 is 10.4 Å². The maximum absolute atomic E-state index is 9.40. The van der Waals surface area contributed by atoms with Crippen LogP contribution in [0.5, 0.6) is 5.75 Å². The summed E-state index contributed by atoms with van der Waals surface area (Å²) in [5.41, 5.74) is 3.43. The minimum Gasteiger partial charge on any atom is -0.508 e. The fourth-order valence-electron chi connectivity index (χ4n) is 2.21. The van der Waals surface area contributed by atoms with E-state index in [1.165, 1.54) is 15.6 Å². The van der Waals surface area contributed by atoms with E-state index in [1.54, 1.807) is 23.5 Å². The number of benzene rings is 2. The Hall–Kier alpha value is -2.00. The largest absolute Gasteiger partial charge is 0.508 e. The minimum absolute atomic E-state index is 0.309. The van der Waals surface area contributed by atoms with E-state index in [0.29, 0.717) is 5.75 Å². The highest BCUT2D eigenvalue weighted by atomic mass is 32.1. The molecule has 96 valence electrons. The number of hydrogen-bond acceptors (Lipinski definition) is 3. The summed E-state index contributed by atoms with van der Waals surface area (Å²) in [5.74, 6) is 0.309. The zero-order valence-corrected chi connectivity index (χ0v) is 11.5. The number of rotatable bonds is 3. The number of phenolic OH excluding ortho intramolecular Hbond substituents is 1. The third kappa shape index (κ3) is 2.42. The lowest BCUT2D eigenvalue weighted by atomic mass is 10.1. The second-order valence-corrected chi connectivity index (χ2v) is 5.52. The zero-order chi connectivity index (χ0) is 13.2. The van der Waals surface area contributed by atoms with Gasteiger partial charge in [0, 0.05) is 16.9 Å². The van der Waals surface area contributed by atoms with Gasteiger partial charge in [0.05, 0.1) is 0 Å². The van der Waals surface area contributed by atoms with Crippen LogP contribution in [0, 0.1) is 6.92 Å². The van der Waals surface area contributed by atoms with Crippen molar-refractivity contribution in [2.75, 3.05) is 5.32 Å². The number of nitrogens with one attached hydrogen (secondary N) is 1. The van der Waals surface area contributed by atoms with Crippen LogP contribution in [0.25, 0.3) is 10.1 Å². The van der Waals surface area contributed by atoms with Crippen LogP contribution in [-0.4, -0.2) is 5.11 Å². The van der Waals surface area contributed by atoms with Gasteiger partial charge >= 0.3 is 0 Å². The van der Waals surface area contributed by atoms with Crippen LogP contribution in [0.1, 0.15) is 11.1 Å². The van der Waals surface area contributed by atoms with Crippen molar-refractivity contribution < 1.29 is 5.11 Å². The van der Waals surface area contributed by atoms with E-state index in [-0.39, 0.29) is 0 Å². The van der Waals surface area contributed by atoms with Gasteiger partial charge in [-0.2, -0.15) is 0 Å². The third-order valence-corrected chi connectivity index (χ3v) is 4.25. The number of thiophene rings is 1. The van der Waals surface area contributed by atoms with E-state index in [9.17, 15) is 5.11 Å². The average molecular weight is 269 g/mol. The van der Waals surface area contributed by atoms with Crippen LogP contribution in [0.15, 0.2) is 47.8 Å². The molecule has 3 rings (SSSR count). The molecule has 3 heteroatoms. The van der Waals surface area contributed by atoms with Gasteiger partial charge in [-0.1, -0.05) is 18.2 Å². The van der Waals surface area contributed by atoms with Gasteiger partial charge in [-0.15, -0.1) is 11.3 Å². The van der Waals surface area contributed by atoms with Crippen molar-refractivity contribution in [2.24, 2.45) is 0 Å². The lowest BCUT2D eigenvalue weighted by molar-refractivity contribution is 0.475. The van der Waals surface area contributed by atoms with Crippen molar-refractivity contribution in [1.82, 2.24) is 0 Å². The molecule has 2 nitrogen and oxygen atoms in total. The molecule has 0 aliphatic heterocycles. The predicted octanol–water partition coefficient (Wildman–Crippen LogP) is 4.53. The normalized spacial score (nSPS) is 10.8. The lowest BCUT2D eigenvalue weighted by Crippen LogP contribution is -2.00. The predicted molar refractivity (Wildman–Crippen MR) is 82.0 cm³/mol. The molecule has 2 N–H and O–H groups in total. The first-order valence-electron chi connectivity index (χ1n) is 6.22. The van der Waals surface area contributed by atoms with Crippen LogP contribution >= 0.6 is 11.3 Å². The Labute approximate surface area is 116 Å². The summed E-state index contributed by atoms with van der Waals surface area (Å²) in [6.07, 6.45) is 0. The van der Waals surface area contributed by atoms with Gasteiger partial charge in [0.2, 0.25) is 0 Å². The average Bonchev–Trinajstić information content (AvgIpc) is 2.81. The Morgan fingerprint density at radius 1 is 1.16 bits per heavy atom. The van der Waals surface area contributed by atoms with Gasteiger partial charge in [-0.3, -0.25) is 0 Å². The number of phenols is 1. The van der Waals surface area contributed by atoms with Crippen LogP contribution in [0.3, 0.4) is 0 Å². The SMILES string of the molecule is Cc1cc(O)ccc1NCc1csc2ccccc12. The van der Waals surface area contributed by atoms with E-state index in [1.807, 2.05) is 13.0 Å². The summed E-state index contributed by atoms with van der Waals surface area (Å²) >= 11 is 1.78. The number of aromatic hydroxyl groups is 1. The standard InChI is InChI=1S/C16H15NOS/c1-11-8-13(18)6-7-15(11)17-9-12-10-19-16-5-3-2-4-14(12)16/h2-8,10,17-18H,9H2,1H3. The fraction of sp³-hybridized carbons (Fsp3) is 0.125. The van der Waals surface area contributed by atoms with Gasteiger partial charge in [0.15, 0.2) is 0 Å². The van der Waals surface area contributed by atoms with Crippen molar-refractivity contribution >= 4 is 27.1 Å². The molecule has 2 aromatic carbocycles. The van der Waals surface area contributed by atoms with Crippen molar-refractivity contribution in [1.29, 1.82) is 0 Å². The van der Waals surface area contributed by atoms with Crippen LogP contribution < -0.4 is 5.32 Å². The zero-order valence-electron chi connectivity index (χ0n) is 10.7. The number of fused-ring (bicyclic) bond motifs is 1. The topological polar surface area (TPSA) is 32.3 Å². The summed E-state index contributed by atoms with van der Waals surface area (Å²) in [6.45, 7) is 2.80. The molecular formula is C16H15NOS. The highest BCUT2D eigenvalue weighted by molar-refractivity contribution is 7.17. The van der Waals surface area contributed by atoms with E-state index < -0.39 is 0 Å². The molecule has 1 heterocycles. The van der Waals surface area contributed by atoms with E-state index in [0.717, 1.165) is 17.8 Å². The summed E-state index contributed by atoms with van der Waals surface area (Å²) < 4.78 is 1.32. The van der Waals surface area contributed by atoms with Crippen molar-refractivity contribution in [2.45, 2.75) is 13.5 Å². The van der Waals surface area contributed by atoms with Crippen molar-refractivity contribution in [3.63, 3.8) is 0 Å². The molecule has 0 saturated carbocycles. The summed E-state index contributed by atoms with van der Waals surface area (Å²) in [4.78, 5) is 0. The molecular weight excluding hydrogens is 254 g/mol. The van der Waals surface area contributed by atoms with Crippen molar-refractivity contribution in [3.8, 4) is 5.75 Å². The number of anilines is 1. The number of aryl methyl sites for hydroxylation is 1. The fourth-order valence-corrected chi connectivity index (χ4v) is 3.17. The molecule has 19 heavy (non-hydrogen) atoms. The molecule has 0 fully saturated rings. The molecule has 0 aliphatic rings. The highest BCUT2D eigenvalue weighted by Crippen LogP contribution is 2.27. The summed E-state index contributed by atoms with van der Waals surface area (Å²) in [5, 5.41) is 16.4. The van der Waals surface area contributed by atoms with E-state index in [4.69, 9.17) is 0 Å². The molecule has 0 bridgehead atoms. The quantitative estimate of drug-likeness (QED) is 0.685. The number of hydrogen-bond donors (Lipinski definition) is 2. The molecule has 0 saturated heterocycles. The first-order valence-corrected chi connectivity index (χ1v) is 7.10. The maximum Gasteiger partial charge on any atom is 0.115 e. The van der Waals surface area contributed by atoms with Crippen LogP contribution in [0.4, 0.5) is 5.69 Å². The third-order valence-electron chi connectivity index (χ3n) is 3.24. The summed E-state index contributed by atoms with van der Waals surface area (Å²) in [7, 11) is 0. The maximum atomic E-state index is 9.40. The Kier molecular flexibility index (Phi) is 3.13. The lowest BCUT2D eigenvalue weighted by Gasteiger charge is -2.09. The molecule has 0 unspecified atom stereocenters. The smallest absolute Gasteiger partial charge is 0.115 e. The van der Waals surface area contributed by atoms with Gasteiger partial charge in [-0.05, 0) is 53.1 Å². The molecule has 0 spiro atoms. The molecule has 1 aromatic heterocycles. The van der Waals surface area contributed by atoms with Gasteiger partial charge in [0.25, 0.3) is 0 Å².